The maximum atomic E-state index is 6.54. The first-order valence-corrected chi connectivity index (χ1v) is 18.6. The van der Waals surface area contributed by atoms with E-state index in [1.54, 1.807) is 0 Å². The molecule has 7 aromatic carbocycles. The Labute approximate surface area is 310 Å². The number of rotatable bonds is 3. The minimum absolute atomic E-state index is 0.192. The van der Waals surface area contributed by atoms with Crippen LogP contribution in [0.1, 0.15) is 24.1 Å². The number of furan rings is 1. The molecule has 4 heterocycles. The van der Waals surface area contributed by atoms with E-state index < -0.39 is 0 Å². The van der Waals surface area contributed by atoms with Crippen LogP contribution in [0, 0.1) is 0 Å². The number of hydrogen-bond acceptors (Lipinski definition) is 3. The van der Waals surface area contributed by atoms with Crippen molar-refractivity contribution in [3.05, 3.63) is 169 Å². The summed E-state index contributed by atoms with van der Waals surface area (Å²) in [5.41, 5.74) is 13.1. The summed E-state index contributed by atoms with van der Waals surface area (Å²) < 4.78 is 11.4. The van der Waals surface area contributed by atoms with Crippen LogP contribution in [0.25, 0.3) is 99.6 Å². The second-order valence-electron chi connectivity index (χ2n) is 14.6. The summed E-state index contributed by atoms with van der Waals surface area (Å²) in [6.45, 7) is 2.38. The van der Waals surface area contributed by atoms with Crippen molar-refractivity contribution >= 4 is 65.4 Å². The lowest BCUT2D eigenvalue weighted by molar-refractivity contribution is 0.669. The van der Waals surface area contributed by atoms with Crippen molar-refractivity contribution in [1.29, 1.82) is 0 Å². The van der Waals surface area contributed by atoms with Crippen molar-refractivity contribution in [2.24, 2.45) is 0 Å². The molecule has 0 saturated heterocycles. The summed E-state index contributed by atoms with van der Waals surface area (Å²) >= 11 is 0. The van der Waals surface area contributed by atoms with E-state index in [4.69, 9.17) is 14.4 Å². The molecule has 1 aliphatic carbocycles. The topological polar surface area (TPSA) is 48.8 Å². The lowest BCUT2D eigenvalue weighted by Gasteiger charge is -2.24. The summed E-state index contributed by atoms with van der Waals surface area (Å²) in [4.78, 5) is 11.2. The van der Waals surface area contributed by atoms with Gasteiger partial charge in [-0.3, -0.25) is 4.57 Å². The molecule has 0 saturated carbocycles. The highest BCUT2D eigenvalue weighted by Crippen LogP contribution is 2.53. The molecule has 0 amide bonds. The quantitative estimate of drug-likeness (QED) is 0.173. The lowest BCUT2D eigenvalue weighted by atomic mass is 9.83. The van der Waals surface area contributed by atoms with Gasteiger partial charge in [0.05, 0.1) is 27.9 Å². The van der Waals surface area contributed by atoms with Crippen molar-refractivity contribution in [3.8, 4) is 34.2 Å². The van der Waals surface area contributed by atoms with E-state index in [-0.39, 0.29) is 5.92 Å². The Kier molecular flexibility index (Phi) is 6.03. The third-order valence-corrected chi connectivity index (χ3v) is 11.6. The number of para-hydroxylation sites is 3. The van der Waals surface area contributed by atoms with E-state index in [0.717, 1.165) is 78.2 Å². The molecule has 5 nitrogen and oxygen atoms in total. The minimum atomic E-state index is 0.192. The smallest absolute Gasteiger partial charge is 0.235 e. The van der Waals surface area contributed by atoms with Crippen molar-refractivity contribution in [2.45, 2.75) is 19.3 Å². The SMILES string of the molecule is CC1Cc2c(c3ccccc3n2-c2ccccc2)-c2c1c1c3c(ccc1n2-c1nc(-c2ccccc2)c2ccc4ccccc4c2n1)oc1ccccc13. The average molecular weight is 693 g/mol. The van der Waals surface area contributed by atoms with Crippen LogP contribution < -0.4 is 0 Å². The maximum Gasteiger partial charge on any atom is 0.235 e. The van der Waals surface area contributed by atoms with Crippen LogP contribution in [0.3, 0.4) is 0 Å². The predicted molar refractivity (Wildman–Crippen MR) is 221 cm³/mol. The maximum absolute atomic E-state index is 6.54. The van der Waals surface area contributed by atoms with Crippen LogP contribution in [0.15, 0.2) is 162 Å². The van der Waals surface area contributed by atoms with Crippen LogP contribution in [0.2, 0.25) is 0 Å². The molecule has 1 atom stereocenters. The number of aromatic nitrogens is 4. The molecular formula is C49H32N4O. The summed E-state index contributed by atoms with van der Waals surface area (Å²) in [5, 5.41) is 8.00. The average Bonchev–Trinajstić information content (AvgIpc) is 3.89. The summed E-state index contributed by atoms with van der Waals surface area (Å²) in [7, 11) is 0. The molecule has 0 radical (unpaired) electrons. The number of hydrogen-bond donors (Lipinski definition) is 0. The fourth-order valence-corrected chi connectivity index (χ4v) is 9.34. The Morgan fingerprint density at radius 1 is 0.556 bits per heavy atom. The van der Waals surface area contributed by atoms with Gasteiger partial charge in [-0.15, -0.1) is 0 Å². The summed E-state index contributed by atoms with van der Waals surface area (Å²) in [6.07, 6.45) is 0.885. The summed E-state index contributed by atoms with van der Waals surface area (Å²) in [6, 6.07) is 55.9. The first-order valence-electron chi connectivity index (χ1n) is 18.6. The molecule has 1 unspecified atom stereocenters. The van der Waals surface area contributed by atoms with Crippen LogP contribution in [-0.2, 0) is 6.42 Å². The third kappa shape index (κ3) is 3.98. The largest absolute Gasteiger partial charge is 0.456 e. The van der Waals surface area contributed by atoms with Gasteiger partial charge in [0.1, 0.15) is 11.2 Å². The van der Waals surface area contributed by atoms with Crippen LogP contribution in [-0.4, -0.2) is 19.1 Å². The van der Waals surface area contributed by atoms with E-state index in [1.165, 1.54) is 33.1 Å². The van der Waals surface area contributed by atoms with Gasteiger partial charge in [-0.25, -0.2) is 9.97 Å². The zero-order valence-corrected chi connectivity index (χ0v) is 29.5. The highest BCUT2D eigenvalue weighted by Gasteiger charge is 2.36. The van der Waals surface area contributed by atoms with Crippen molar-refractivity contribution in [1.82, 2.24) is 19.1 Å². The van der Waals surface area contributed by atoms with Gasteiger partial charge in [0.25, 0.3) is 0 Å². The number of fused-ring (bicyclic) bond motifs is 14. The molecule has 1 aliphatic rings. The second-order valence-corrected chi connectivity index (χ2v) is 14.6. The zero-order chi connectivity index (χ0) is 35.5. The normalized spacial score (nSPS) is 14.1. The Bertz CT molecular complexity index is 3310. The standard InChI is InChI=1S/C49H32N4O/c1-29-28-39-43(34-20-10-12-22-37(34)52(39)32-17-6-3-7-18-32)48-42(29)45-38(26-27-41-44(45)35-21-11-13-23-40(35)54-41)53(48)49-50-46(31-15-4-2-5-16-31)36-25-24-30-14-8-9-19-33(30)47(36)51-49/h2-27,29H,28H2,1H3. The van der Waals surface area contributed by atoms with Crippen LogP contribution >= 0.6 is 0 Å². The molecule has 54 heavy (non-hydrogen) atoms. The molecule has 5 heteroatoms. The fourth-order valence-electron chi connectivity index (χ4n) is 9.34. The Hall–Kier alpha value is -6.98. The predicted octanol–water partition coefficient (Wildman–Crippen LogP) is 12.6. The Morgan fingerprint density at radius 3 is 2.13 bits per heavy atom. The van der Waals surface area contributed by atoms with Gasteiger partial charge in [0.2, 0.25) is 5.95 Å². The number of benzene rings is 7. The van der Waals surface area contributed by atoms with Gasteiger partial charge in [0, 0.05) is 54.8 Å². The van der Waals surface area contributed by atoms with Crippen molar-refractivity contribution < 1.29 is 4.42 Å². The highest BCUT2D eigenvalue weighted by molar-refractivity contribution is 6.22. The molecule has 0 aliphatic heterocycles. The molecule has 11 aromatic rings. The van der Waals surface area contributed by atoms with Gasteiger partial charge in [-0.1, -0.05) is 122 Å². The Morgan fingerprint density at radius 2 is 1.28 bits per heavy atom. The first-order chi connectivity index (χ1) is 26.7. The molecule has 0 bridgehead atoms. The van der Waals surface area contributed by atoms with Gasteiger partial charge >= 0.3 is 0 Å². The van der Waals surface area contributed by atoms with Gasteiger partial charge in [-0.2, -0.15) is 0 Å². The highest BCUT2D eigenvalue weighted by atomic mass is 16.3. The number of nitrogens with zero attached hydrogens (tertiary/aromatic N) is 4. The molecule has 0 N–H and O–H groups in total. The van der Waals surface area contributed by atoms with E-state index in [0.29, 0.717) is 5.95 Å². The van der Waals surface area contributed by atoms with Gasteiger partial charge in [0.15, 0.2) is 0 Å². The van der Waals surface area contributed by atoms with Gasteiger partial charge < -0.3 is 8.98 Å². The molecule has 0 fully saturated rings. The van der Waals surface area contributed by atoms with Crippen LogP contribution in [0.4, 0.5) is 0 Å². The second kappa shape index (κ2) is 11.0. The molecule has 254 valence electrons. The molecule has 0 spiro atoms. The van der Waals surface area contributed by atoms with E-state index in [1.807, 2.05) is 6.07 Å². The van der Waals surface area contributed by atoms with Crippen molar-refractivity contribution in [3.63, 3.8) is 0 Å². The minimum Gasteiger partial charge on any atom is -0.456 e. The monoisotopic (exact) mass is 692 g/mol. The molecule has 12 rings (SSSR count). The van der Waals surface area contributed by atoms with E-state index >= 15 is 0 Å². The summed E-state index contributed by atoms with van der Waals surface area (Å²) in [5.74, 6) is 0.852. The molecule has 4 aromatic heterocycles. The third-order valence-electron chi connectivity index (χ3n) is 11.6. The fraction of sp³-hybridized carbons (Fsp3) is 0.0612. The first kappa shape index (κ1) is 29.6. The van der Waals surface area contributed by atoms with E-state index in [9.17, 15) is 0 Å². The lowest BCUT2D eigenvalue weighted by Crippen LogP contribution is -2.14. The Balaban J connectivity index is 1.30. The van der Waals surface area contributed by atoms with Crippen molar-refractivity contribution in [2.75, 3.05) is 0 Å². The van der Waals surface area contributed by atoms with Gasteiger partial charge in [-0.05, 0) is 65.8 Å². The van der Waals surface area contributed by atoms with Crippen LogP contribution in [0.5, 0.6) is 0 Å². The van der Waals surface area contributed by atoms with E-state index in [2.05, 4.69) is 168 Å². The molecular weight excluding hydrogens is 661 g/mol. The zero-order valence-electron chi connectivity index (χ0n) is 29.5.